The van der Waals surface area contributed by atoms with Crippen LogP contribution in [0.2, 0.25) is 0 Å². The molecule has 0 bridgehead atoms. The smallest absolute Gasteiger partial charge is 0.0711 e. The molecule has 0 aliphatic heterocycles. The fraction of sp³-hybridized carbons (Fsp3) is 0.150. The first kappa shape index (κ1) is 15.0. The molecule has 0 unspecified atom stereocenters. The number of pyridine rings is 1. The Balaban J connectivity index is 2.62. The summed E-state index contributed by atoms with van der Waals surface area (Å²) in [4.78, 5) is 4.79. The first-order valence-electron chi connectivity index (χ1n) is 7.18. The monoisotopic (exact) mass is 275 g/mol. The summed E-state index contributed by atoms with van der Waals surface area (Å²) >= 11 is 0. The molecule has 0 aliphatic carbocycles. The van der Waals surface area contributed by atoms with Crippen molar-refractivity contribution in [2.45, 2.75) is 19.8 Å². The molecule has 2 aromatic rings. The van der Waals surface area contributed by atoms with E-state index in [0.717, 1.165) is 28.1 Å². The number of hydrogen-bond acceptors (Lipinski definition) is 1. The Morgan fingerprint density at radius 1 is 1.10 bits per heavy atom. The maximum atomic E-state index is 4.79. The molecule has 1 heterocycles. The van der Waals surface area contributed by atoms with E-state index >= 15 is 0 Å². The lowest BCUT2D eigenvalue weighted by Gasteiger charge is -2.12. The van der Waals surface area contributed by atoms with Crippen LogP contribution in [0.4, 0.5) is 0 Å². The van der Waals surface area contributed by atoms with E-state index in [1.165, 1.54) is 0 Å². The maximum absolute atomic E-state index is 4.79. The molecule has 0 N–H and O–H groups in total. The van der Waals surface area contributed by atoms with Gasteiger partial charge in [0.15, 0.2) is 0 Å². The topological polar surface area (TPSA) is 12.9 Å². The predicted molar refractivity (Wildman–Crippen MR) is 92.1 cm³/mol. The number of benzene rings is 1. The van der Waals surface area contributed by atoms with Gasteiger partial charge in [-0.3, -0.25) is 4.98 Å². The molecule has 1 aromatic carbocycles. The first-order valence-corrected chi connectivity index (χ1v) is 7.18. The summed E-state index contributed by atoms with van der Waals surface area (Å²) in [6.45, 7) is 12.0. The van der Waals surface area contributed by atoms with Gasteiger partial charge < -0.3 is 0 Å². The Bertz CT molecular complexity index is 663. The van der Waals surface area contributed by atoms with Gasteiger partial charge in [0.05, 0.1) is 5.69 Å². The number of allylic oxidation sites excluding steroid dienone is 4. The number of rotatable bonds is 5. The summed E-state index contributed by atoms with van der Waals surface area (Å²) < 4.78 is 0. The van der Waals surface area contributed by atoms with Gasteiger partial charge in [-0.1, -0.05) is 75.6 Å². The van der Waals surface area contributed by atoms with Crippen LogP contribution in [0, 0.1) is 0 Å². The lowest BCUT2D eigenvalue weighted by Crippen LogP contribution is -1.97. The second-order valence-corrected chi connectivity index (χ2v) is 5.25. The first-order chi connectivity index (χ1) is 10.2. The Morgan fingerprint density at radius 3 is 2.38 bits per heavy atom. The summed E-state index contributed by atoms with van der Waals surface area (Å²) in [6.07, 6.45) is 5.62. The van der Waals surface area contributed by atoms with Crippen LogP contribution in [0.15, 0.2) is 73.9 Å². The molecule has 1 heteroatoms. The van der Waals surface area contributed by atoms with Crippen molar-refractivity contribution in [2.75, 3.05) is 0 Å². The Labute approximate surface area is 127 Å². The van der Waals surface area contributed by atoms with Crippen LogP contribution in [0.1, 0.15) is 31.0 Å². The van der Waals surface area contributed by atoms with Crippen molar-refractivity contribution >= 4 is 5.57 Å². The highest BCUT2D eigenvalue weighted by Crippen LogP contribution is 2.26. The highest BCUT2D eigenvalue weighted by molar-refractivity contribution is 5.77. The lowest BCUT2D eigenvalue weighted by molar-refractivity contribution is 0.824. The summed E-state index contributed by atoms with van der Waals surface area (Å²) in [6, 6.07) is 14.5. The molecular formula is C20H21N. The van der Waals surface area contributed by atoms with Crippen LogP contribution in [0.3, 0.4) is 0 Å². The largest absolute Gasteiger partial charge is 0.253 e. The average Bonchev–Trinajstić information content (AvgIpc) is 2.53. The van der Waals surface area contributed by atoms with Crippen LogP contribution >= 0.6 is 0 Å². The molecule has 1 aromatic heterocycles. The van der Waals surface area contributed by atoms with Gasteiger partial charge in [0.2, 0.25) is 0 Å². The van der Waals surface area contributed by atoms with Gasteiger partial charge in [0.1, 0.15) is 0 Å². The van der Waals surface area contributed by atoms with E-state index < -0.39 is 0 Å². The second-order valence-electron chi connectivity index (χ2n) is 5.25. The van der Waals surface area contributed by atoms with E-state index in [1.54, 1.807) is 6.08 Å². The van der Waals surface area contributed by atoms with Crippen molar-refractivity contribution in [3.05, 3.63) is 85.1 Å². The van der Waals surface area contributed by atoms with E-state index in [9.17, 15) is 0 Å². The quantitative estimate of drug-likeness (QED) is 0.645. The molecule has 1 nitrogen and oxygen atoms in total. The summed E-state index contributed by atoms with van der Waals surface area (Å²) in [5.41, 5.74) is 5.40. The van der Waals surface area contributed by atoms with Gasteiger partial charge >= 0.3 is 0 Å². The van der Waals surface area contributed by atoms with Gasteiger partial charge in [-0.25, -0.2) is 0 Å². The van der Waals surface area contributed by atoms with Crippen molar-refractivity contribution in [3.63, 3.8) is 0 Å². The van der Waals surface area contributed by atoms with Crippen LogP contribution in [0.5, 0.6) is 0 Å². The molecule has 0 saturated heterocycles. The van der Waals surface area contributed by atoms with Crippen molar-refractivity contribution in [2.24, 2.45) is 0 Å². The fourth-order valence-electron chi connectivity index (χ4n) is 2.18. The molecule has 106 valence electrons. The zero-order valence-corrected chi connectivity index (χ0v) is 12.7. The van der Waals surface area contributed by atoms with E-state index in [-0.39, 0.29) is 0 Å². The van der Waals surface area contributed by atoms with Crippen molar-refractivity contribution in [1.29, 1.82) is 0 Å². The standard InChI is InChI=1S/C20H21N/c1-5-10-16(6-2)18-13-19(15(3)4)21-20(14-18)17-11-8-7-9-12-17/h5-15H,1-2H2,3-4H3/b16-10+. The molecule has 0 aliphatic rings. The van der Waals surface area contributed by atoms with Crippen LogP contribution < -0.4 is 0 Å². The van der Waals surface area contributed by atoms with E-state index in [1.807, 2.05) is 30.4 Å². The SMILES string of the molecule is C=C/C=C(\C=C)c1cc(-c2ccccc2)nc(C(C)C)c1. The summed E-state index contributed by atoms with van der Waals surface area (Å²) in [5, 5.41) is 0. The Morgan fingerprint density at radius 2 is 1.81 bits per heavy atom. The zero-order chi connectivity index (χ0) is 15.2. The zero-order valence-electron chi connectivity index (χ0n) is 12.7. The number of hydrogen-bond donors (Lipinski definition) is 0. The summed E-state index contributed by atoms with van der Waals surface area (Å²) in [5.74, 6) is 0.377. The van der Waals surface area contributed by atoms with E-state index in [2.05, 4.69) is 51.3 Å². The Kier molecular flexibility index (Phi) is 4.89. The Hall–Kier alpha value is -2.41. The molecule has 0 saturated carbocycles. The average molecular weight is 275 g/mol. The molecule has 2 rings (SSSR count). The van der Waals surface area contributed by atoms with Crippen LogP contribution in [-0.4, -0.2) is 4.98 Å². The van der Waals surface area contributed by atoms with Gasteiger partial charge in [-0.2, -0.15) is 0 Å². The second kappa shape index (κ2) is 6.85. The fourth-order valence-corrected chi connectivity index (χ4v) is 2.18. The third-order valence-corrected chi connectivity index (χ3v) is 3.36. The van der Waals surface area contributed by atoms with Crippen molar-refractivity contribution < 1.29 is 0 Å². The highest BCUT2D eigenvalue weighted by Gasteiger charge is 2.09. The summed E-state index contributed by atoms with van der Waals surface area (Å²) in [7, 11) is 0. The normalized spacial score (nSPS) is 11.5. The minimum Gasteiger partial charge on any atom is -0.253 e. The van der Waals surface area contributed by atoms with Crippen molar-refractivity contribution in [1.82, 2.24) is 4.98 Å². The van der Waals surface area contributed by atoms with Gasteiger partial charge in [-0.15, -0.1) is 0 Å². The minimum absolute atomic E-state index is 0.377. The predicted octanol–water partition coefficient (Wildman–Crippen LogP) is 5.63. The molecule has 0 atom stereocenters. The minimum atomic E-state index is 0.377. The highest BCUT2D eigenvalue weighted by atomic mass is 14.7. The van der Waals surface area contributed by atoms with Crippen molar-refractivity contribution in [3.8, 4) is 11.3 Å². The molecule has 0 amide bonds. The van der Waals surface area contributed by atoms with Gasteiger partial charge in [0, 0.05) is 11.3 Å². The molecule has 21 heavy (non-hydrogen) atoms. The van der Waals surface area contributed by atoms with E-state index in [0.29, 0.717) is 5.92 Å². The molecular weight excluding hydrogens is 254 g/mol. The van der Waals surface area contributed by atoms with Gasteiger partial charge in [-0.05, 0) is 29.2 Å². The molecule has 0 spiro atoms. The third kappa shape index (κ3) is 3.57. The lowest BCUT2D eigenvalue weighted by atomic mass is 9.99. The molecule has 0 fully saturated rings. The number of nitrogens with zero attached hydrogens (tertiary/aromatic N) is 1. The van der Waals surface area contributed by atoms with E-state index in [4.69, 9.17) is 4.98 Å². The van der Waals surface area contributed by atoms with Crippen LogP contribution in [-0.2, 0) is 0 Å². The third-order valence-electron chi connectivity index (χ3n) is 3.36. The maximum Gasteiger partial charge on any atom is 0.0711 e. The van der Waals surface area contributed by atoms with Crippen LogP contribution in [0.25, 0.3) is 16.8 Å². The molecule has 0 radical (unpaired) electrons. The van der Waals surface area contributed by atoms with Gasteiger partial charge in [0.25, 0.3) is 0 Å². The number of aromatic nitrogens is 1.